The third-order valence-electron chi connectivity index (χ3n) is 4.58. The van der Waals surface area contributed by atoms with Gasteiger partial charge in [-0.25, -0.2) is 4.79 Å². The number of carbonyl (C=O) groups excluding carboxylic acids is 3. The lowest BCUT2D eigenvalue weighted by Crippen LogP contribution is -2.42. The first-order valence-electron chi connectivity index (χ1n) is 8.82. The molecule has 0 atom stereocenters. The molecule has 0 unspecified atom stereocenters. The van der Waals surface area contributed by atoms with Gasteiger partial charge in [-0.15, -0.1) is 0 Å². The fraction of sp³-hybridized carbons (Fsp3) is 0.368. The number of aromatic carboxylic acids is 1. The fourth-order valence-electron chi connectivity index (χ4n) is 3.06. The first-order chi connectivity index (χ1) is 13.0. The Balaban J connectivity index is 1.68. The Morgan fingerprint density at radius 3 is 2.26 bits per heavy atom. The predicted molar refractivity (Wildman–Crippen MR) is 101 cm³/mol. The standard InChI is InChI=1S/C19H20N2O5S/c22-16(20-9-3-1-2-4-10-20)12-21-17(23)15(27-19(21)26)11-13-5-7-14(8-6-13)18(24)25/h5-8,11H,1-4,9-10,12H2,(H,24,25)/b15-11+. The van der Waals surface area contributed by atoms with Crippen LogP contribution < -0.4 is 0 Å². The van der Waals surface area contributed by atoms with Gasteiger partial charge in [-0.2, -0.15) is 0 Å². The maximum atomic E-state index is 12.5. The Labute approximate surface area is 161 Å². The number of hydrogen-bond acceptors (Lipinski definition) is 5. The Kier molecular flexibility index (Phi) is 5.95. The van der Waals surface area contributed by atoms with E-state index in [9.17, 15) is 19.2 Å². The van der Waals surface area contributed by atoms with E-state index in [1.807, 2.05) is 0 Å². The van der Waals surface area contributed by atoms with Gasteiger partial charge in [-0.3, -0.25) is 19.3 Å². The van der Waals surface area contributed by atoms with Gasteiger partial charge in [0.15, 0.2) is 0 Å². The number of thioether (sulfide) groups is 1. The van der Waals surface area contributed by atoms with E-state index in [-0.39, 0.29) is 22.9 Å². The summed E-state index contributed by atoms with van der Waals surface area (Å²) < 4.78 is 0. The van der Waals surface area contributed by atoms with E-state index in [0.717, 1.165) is 42.3 Å². The van der Waals surface area contributed by atoms with Crippen molar-refractivity contribution < 1.29 is 24.3 Å². The summed E-state index contributed by atoms with van der Waals surface area (Å²) in [5.74, 6) is -1.73. The van der Waals surface area contributed by atoms with E-state index in [4.69, 9.17) is 5.11 Å². The van der Waals surface area contributed by atoms with Crippen molar-refractivity contribution in [2.45, 2.75) is 25.7 Å². The maximum absolute atomic E-state index is 12.5. The highest BCUT2D eigenvalue weighted by atomic mass is 32.2. The second-order valence-corrected chi connectivity index (χ2v) is 7.48. The highest BCUT2D eigenvalue weighted by Gasteiger charge is 2.37. The van der Waals surface area contributed by atoms with Crippen LogP contribution in [-0.2, 0) is 9.59 Å². The van der Waals surface area contributed by atoms with Gasteiger partial charge in [0.25, 0.3) is 11.1 Å². The molecule has 0 spiro atoms. The number of rotatable bonds is 4. The molecule has 7 nitrogen and oxygen atoms in total. The Morgan fingerprint density at radius 1 is 1.04 bits per heavy atom. The van der Waals surface area contributed by atoms with Crippen LogP contribution in [0.25, 0.3) is 6.08 Å². The minimum atomic E-state index is -1.03. The van der Waals surface area contributed by atoms with Crippen molar-refractivity contribution in [3.8, 4) is 0 Å². The number of imide groups is 1. The molecule has 0 radical (unpaired) electrons. The van der Waals surface area contributed by atoms with Crippen LogP contribution in [0.15, 0.2) is 29.2 Å². The molecule has 8 heteroatoms. The van der Waals surface area contributed by atoms with Gasteiger partial charge >= 0.3 is 5.97 Å². The average Bonchev–Trinajstić information content (AvgIpc) is 2.86. The molecule has 1 N–H and O–H groups in total. The fourth-order valence-corrected chi connectivity index (χ4v) is 3.90. The molecular weight excluding hydrogens is 368 g/mol. The van der Waals surface area contributed by atoms with Crippen molar-refractivity contribution in [2.75, 3.05) is 19.6 Å². The quantitative estimate of drug-likeness (QED) is 0.797. The topological polar surface area (TPSA) is 95.0 Å². The molecular formula is C19H20N2O5S. The van der Waals surface area contributed by atoms with Crippen LogP contribution in [0, 0.1) is 0 Å². The van der Waals surface area contributed by atoms with Crippen molar-refractivity contribution in [1.29, 1.82) is 0 Å². The van der Waals surface area contributed by atoms with Crippen molar-refractivity contribution in [3.05, 3.63) is 40.3 Å². The molecule has 3 rings (SSSR count). The highest BCUT2D eigenvalue weighted by Crippen LogP contribution is 2.32. The monoisotopic (exact) mass is 388 g/mol. The predicted octanol–water partition coefficient (Wildman–Crippen LogP) is 2.82. The molecule has 0 aromatic heterocycles. The summed E-state index contributed by atoms with van der Waals surface area (Å²) in [6.07, 6.45) is 5.61. The van der Waals surface area contributed by atoms with Crippen LogP contribution in [0.1, 0.15) is 41.6 Å². The van der Waals surface area contributed by atoms with E-state index in [1.165, 1.54) is 18.2 Å². The van der Waals surface area contributed by atoms with Crippen LogP contribution in [0.5, 0.6) is 0 Å². The average molecular weight is 388 g/mol. The molecule has 0 saturated carbocycles. The molecule has 27 heavy (non-hydrogen) atoms. The zero-order valence-corrected chi connectivity index (χ0v) is 15.5. The molecule has 3 amide bonds. The second kappa shape index (κ2) is 8.39. The van der Waals surface area contributed by atoms with Gasteiger partial charge in [0.1, 0.15) is 6.54 Å². The summed E-state index contributed by atoms with van der Waals surface area (Å²) in [7, 11) is 0. The molecule has 142 valence electrons. The van der Waals surface area contributed by atoms with Crippen LogP contribution in [0.3, 0.4) is 0 Å². The summed E-state index contributed by atoms with van der Waals surface area (Å²) >= 11 is 0.791. The normalized spacial score (nSPS) is 19.5. The van der Waals surface area contributed by atoms with Crippen LogP contribution >= 0.6 is 11.8 Å². The van der Waals surface area contributed by atoms with E-state index in [0.29, 0.717) is 18.7 Å². The summed E-state index contributed by atoms with van der Waals surface area (Å²) in [4.78, 5) is 51.0. The van der Waals surface area contributed by atoms with Crippen LogP contribution in [0.2, 0.25) is 0 Å². The summed E-state index contributed by atoms with van der Waals surface area (Å²) in [6, 6.07) is 6.00. The first-order valence-corrected chi connectivity index (χ1v) is 9.64. The summed E-state index contributed by atoms with van der Waals surface area (Å²) in [5, 5.41) is 8.46. The van der Waals surface area contributed by atoms with Crippen molar-refractivity contribution in [1.82, 2.24) is 9.80 Å². The minimum absolute atomic E-state index is 0.142. The number of benzene rings is 1. The number of hydrogen-bond donors (Lipinski definition) is 1. The van der Waals surface area contributed by atoms with Crippen molar-refractivity contribution in [3.63, 3.8) is 0 Å². The van der Waals surface area contributed by atoms with Crippen LogP contribution in [0.4, 0.5) is 4.79 Å². The zero-order valence-electron chi connectivity index (χ0n) is 14.7. The van der Waals surface area contributed by atoms with E-state index < -0.39 is 17.1 Å². The summed E-state index contributed by atoms with van der Waals surface area (Å²) in [6.45, 7) is 1.10. The van der Waals surface area contributed by atoms with Gasteiger partial charge in [-0.05, 0) is 48.4 Å². The molecule has 0 aliphatic carbocycles. The molecule has 1 aromatic rings. The van der Waals surface area contributed by atoms with E-state index in [2.05, 4.69) is 0 Å². The highest BCUT2D eigenvalue weighted by molar-refractivity contribution is 8.18. The molecule has 2 heterocycles. The Bertz CT molecular complexity index is 795. The smallest absolute Gasteiger partial charge is 0.335 e. The van der Waals surface area contributed by atoms with Crippen LogP contribution in [-0.4, -0.2) is 57.6 Å². The Hall–Kier alpha value is -2.61. The molecule has 2 fully saturated rings. The lowest BCUT2D eigenvalue weighted by Gasteiger charge is -2.22. The third kappa shape index (κ3) is 4.57. The van der Waals surface area contributed by atoms with Crippen molar-refractivity contribution >= 4 is 40.9 Å². The Morgan fingerprint density at radius 2 is 1.67 bits per heavy atom. The van der Waals surface area contributed by atoms with E-state index in [1.54, 1.807) is 17.0 Å². The molecule has 2 saturated heterocycles. The largest absolute Gasteiger partial charge is 0.478 e. The van der Waals surface area contributed by atoms with Gasteiger partial charge in [0.05, 0.1) is 10.5 Å². The minimum Gasteiger partial charge on any atom is -0.478 e. The third-order valence-corrected chi connectivity index (χ3v) is 5.49. The molecule has 2 aliphatic rings. The van der Waals surface area contributed by atoms with Gasteiger partial charge in [0, 0.05) is 13.1 Å². The molecule has 1 aromatic carbocycles. The van der Waals surface area contributed by atoms with Gasteiger partial charge in [0.2, 0.25) is 5.91 Å². The summed E-state index contributed by atoms with van der Waals surface area (Å²) in [5.41, 5.74) is 0.757. The number of carboxylic acid groups (broad SMARTS) is 1. The van der Waals surface area contributed by atoms with Crippen molar-refractivity contribution in [2.24, 2.45) is 0 Å². The number of amides is 3. The van der Waals surface area contributed by atoms with Gasteiger partial charge in [-0.1, -0.05) is 25.0 Å². The number of carboxylic acids is 1. The van der Waals surface area contributed by atoms with E-state index >= 15 is 0 Å². The lowest BCUT2D eigenvalue weighted by molar-refractivity contribution is -0.135. The SMILES string of the molecule is O=C(O)c1ccc(/C=C2/SC(=O)N(CC(=O)N3CCCCCC3)C2=O)cc1. The molecule has 0 bridgehead atoms. The molecule has 2 aliphatic heterocycles. The zero-order chi connectivity index (χ0) is 19.4. The number of likely N-dealkylation sites (tertiary alicyclic amines) is 1. The number of nitrogens with zero attached hydrogens (tertiary/aromatic N) is 2. The van der Waals surface area contributed by atoms with Gasteiger partial charge < -0.3 is 10.0 Å². The maximum Gasteiger partial charge on any atom is 0.335 e. The first kappa shape index (κ1) is 19.2. The lowest BCUT2D eigenvalue weighted by atomic mass is 10.1. The second-order valence-electron chi connectivity index (χ2n) is 6.49. The number of carbonyl (C=O) groups is 4.